The highest BCUT2D eigenvalue weighted by Gasteiger charge is 2.05. The molecular formula is C7H12ClN3OS. The lowest BCUT2D eigenvalue weighted by Crippen LogP contribution is -2.12. The lowest BCUT2D eigenvalue weighted by molar-refractivity contribution is 0.164. The van der Waals surface area contributed by atoms with Crippen LogP contribution in [-0.4, -0.2) is 26.5 Å². The molecule has 0 saturated carbocycles. The summed E-state index contributed by atoms with van der Waals surface area (Å²) in [5.41, 5.74) is 0. The van der Waals surface area contributed by atoms with E-state index in [0.29, 0.717) is 23.9 Å². The van der Waals surface area contributed by atoms with Crippen molar-refractivity contribution in [2.75, 3.05) is 11.9 Å². The van der Waals surface area contributed by atoms with Gasteiger partial charge in [0.1, 0.15) is 0 Å². The van der Waals surface area contributed by atoms with Crippen LogP contribution in [0.15, 0.2) is 0 Å². The number of halogens is 1. The molecule has 0 fully saturated rings. The number of aromatic nitrogens is 2. The summed E-state index contributed by atoms with van der Waals surface area (Å²) in [7, 11) is 0. The Labute approximate surface area is 86.3 Å². The van der Waals surface area contributed by atoms with E-state index in [2.05, 4.69) is 14.1 Å². The molecule has 0 bridgehead atoms. The minimum Gasteiger partial charge on any atom is -0.393 e. The van der Waals surface area contributed by atoms with E-state index >= 15 is 0 Å². The van der Waals surface area contributed by atoms with Gasteiger partial charge in [0.05, 0.1) is 17.8 Å². The van der Waals surface area contributed by atoms with Crippen molar-refractivity contribution in [2.24, 2.45) is 0 Å². The number of hydrogen-bond acceptors (Lipinski definition) is 5. The molecule has 1 aromatic heterocycles. The highest BCUT2D eigenvalue weighted by atomic mass is 35.5. The molecule has 1 unspecified atom stereocenters. The normalized spacial score (nSPS) is 12.8. The van der Waals surface area contributed by atoms with Gasteiger partial charge < -0.3 is 10.4 Å². The van der Waals surface area contributed by atoms with Gasteiger partial charge >= 0.3 is 0 Å². The quantitative estimate of drug-likeness (QED) is 0.796. The average Bonchev–Trinajstić information content (AvgIpc) is 2.52. The van der Waals surface area contributed by atoms with E-state index in [-0.39, 0.29) is 6.10 Å². The number of nitrogens with one attached hydrogen (secondary N) is 1. The minimum absolute atomic E-state index is 0.252. The highest BCUT2D eigenvalue weighted by molar-refractivity contribution is 6.99. The Morgan fingerprint density at radius 2 is 2.38 bits per heavy atom. The molecule has 13 heavy (non-hydrogen) atoms. The summed E-state index contributed by atoms with van der Waals surface area (Å²) < 4.78 is 7.75. The number of aliphatic hydroxyl groups is 1. The summed E-state index contributed by atoms with van der Waals surface area (Å²) in [4.78, 5) is 0. The van der Waals surface area contributed by atoms with Crippen molar-refractivity contribution < 1.29 is 5.11 Å². The fourth-order valence-electron chi connectivity index (χ4n) is 0.844. The van der Waals surface area contributed by atoms with Gasteiger partial charge in [0.25, 0.3) is 0 Å². The largest absolute Gasteiger partial charge is 0.393 e. The van der Waals surface area contributed by atoms with Crippen molar-refractivity contribution in [3.8, 4) is 0 Å². The number of rotatable bonds is 5. The van der Waals surface area contributed by atoms with Gasteiger partial charge in [-0.3, -0.25) is 0 Å². The second-order valence-electron chi connectivity index (χ2n) is 2.68. The Kier molecular flexibility index (Phi) is 4.41. The number of anilines is 1. The van der Waals surface area contributed by atoms with Crippen LogP contribution in [-0.2, 0) is 0 Å². The maximum Gasteiger partial charge on any atom is 0.186 e. The van der Waals surface area contributed by atoms with Crippen molar-refractivity contribution in [3.05, 3.63) is 5.15 Å². The second kappa shape index (κ2) is 5.36. The summed E-state index contributed by atoms with van der Waals surface area (Å²) in [6.07, 6.45) is 1.22. The Morgan fingerprint density at radius 3 is 2.92 bits per heavy atom. The monoisotopic (exact) mass is 221 g/mol. The summed E-state index contributed by atoms with van der Waals surface area (Å²) >= 11 is 6.77. The summed E-state index contributed by atoms with van der Waals surface area (Å²) in [6.45, 7) is 2.61. The molecule has 0 aromatic carbocycles. The molecule has 1 aromatic rings. The lowest BCUT2D eigenvalue weighted by Gasteiger charge is -2.07. The Bertz CT molecular complexity index is 256. The maximum atomic E-state index is 9.25. The molecule has 0 radical (unpaired) electrons. The third-order valence-electron chi connectivity index (χ3n) is 1.69. The number of nitrogens with zero attached hydrogens (tertiary/aromatic N) is 2. The van der Waals surface area contributed by atoms with Crippen molar-refractivity contribution in [3.63, 3.8) is 0 Å². The first-order chi connectivity index (χ1) is 6.24. The molecule has 0 spiro atoms. The van der Waals surface area contributed by atoms with Crippen LogP contribution in [0.1, 0.15) is 19.8 Å². The second-order valence-corrected chi connectivity index (χ2v) is 3.57. The third-order valence-corrected chi connectivity index (χ3v) is 2.58. The predicted octanol–water partition coefficient (Wildman–Crippen LogP) is 1.76. The van der Waals surface area contributed by atoms with Crippen LogP contribution >= 0.6 is 23.3 Å². The fourth-order valence-corrected chi connectivity index (χ4v) is 1.53. The first kappa shape index (κ1) is 10.7. The van der Waals surface area contributed by atoms with E-state index in [0.717, 1.165) is 18.1 Å². The molecule has 2 N–H and O–H groups in total. The van der Waals surface area contributed by atoms with E-state index in [1.165, 1.54) is 0 Å². The topological polar surface area (TPSA) is 58.0 Å². The van der Waals surface area contributed by atoms with E-state index in [1.807, 2.05) is 6.92 Å². The summed E-state index contributed by atoms with van der Waals surface area (Å²) in [5, 5.41) is 12.7. The molecule has 74 valence electrons. The summed E-state index contributed by atoms with van der Waals surface area (Å²) in [6, 6.07) is 0. The van der Waals surface area contributed by atoms with Crippen LogP contribution in [0.4, 0.5) is 5.82 Å². The highest BCUT2D eigenvalue weighted by Crippen LogP contribution is 2.17. The van der Waals surface area contributed by atoms with Crippen LogP contribution in [0.3, 0.4) is 0 Å². The molecule has 0 amide bonds. The molecule has 1 rings (SSSR count). The van der Waals surface area contributed by atoms with Crippen LogP contribution in [0, 0.1) is 0 Å². The van der Waals surface area contributed by atoms with Gasteiger partial charge in [0.15, 0.2) is 11.0 Å². The zero-order valence-electron chi connectivity index (χ0n) is 7.33. The summed E-state index contributed by atoms with van der Waals surface area (Å²) in [5.74, 6) is 0.606. The number of hydrogen-bond donors (Lipinski definition) is 2. The zero-order chi connectivity index (χ0) is 9.68. The third kappa shape index (κ3) is 3.46. The van der Waals surface area contributed by atoms with Gasteiger partial charge in [-0.2, -0.15) is 8.75 Å². The van der Waals surface area contributed by atoms with Crippen LogP contribution in [0.5, 0.6) is 0 Å². The molecule has 0 aliphatic carbocycles. The van der Waals surface area contributed by atoms with Crippen molar-refractivity contribution in [2.45, 2.75) is 25.9 Å². The first-order valence-electron chi connectivity index (χ1n) is 4.14. The van der Waals surface area contributed by atoms with E-state index in [9.17, 15) is 5.11 Å². The smallest absolute Gasteiger partial charge is 0.186 e. The lowest BCUT2D eigenvalue weighted by atomic mass is 10.2. The Balaban J connectivity index is 2.24. The molecule has 1 atom stereocenters. The van der Waals surface area contributed by atoms with Gasteiger partial charge in [-0.25, -0.2) is 0 Å². The predicted molar refractivity (Wildman–Crippen MR) is 54.3 cm³/mol. The van der Waals surface area contributed by atoms with Gasteiger partial charge in [-0.15, -0.1) is 0 Å². The first-order valence-corrected chi connectivity index (χ1v) is 5.24. The fraction of sp³-hybridized carbons (Fsp3) is 0.714. The van der Waals surface area contributed by atoms with Gasteiger partial charge in [0, 0.05) is 6.54 Å². The molecule has 6 heteroatoms. The Hall–Kier alpha value is -0.390. The Morgan fingerprint density at radius 1 is 1.62 bits per heavy atom. The molecular weight excluding hydrogens is 210 g/mol. The SMILES string of the molecule is CCC(O)CCNc1nsnc1Cl. The molecule has 0 saturated heterocycles. The molecule has 0 aliphatic heterocycles. The van der Waals surface area contributed by atoms with Crippen LogP contribution in [0.25, 0.3) is 0 Å². The zero-order valence-corrected chi connectivity index (χ0v) is 8.90. The van der Waals surface area contributed by atoms with Crippen LogP contribution < -0.4 is 5.32 Å². The van der Waals surface area contributed by atoms with Crippen LogP contribution in [0.2, 0.25) is 5.15 Å². The van der Waals surface area contributed by atoms with E-state index < -0.39 is 0 Å². The standard InChI is InChI=1S/C7H12ClN3OS/c1-2-5(12)3-4-9-7-6(8)10-13-11-7/h5,12H,2-4H2,1H3,(H,9,11). The maximum absolute atomic E-state index is 9.25. The van der Waals surface area contributed by atoms with Crippen molar-refractivity contribution in [1.29, 1.82) is 0 Å². The van der Waals surface area contributed by atoms with Gasteiger partial charge in [-0.1, -0.05) is 18.5 Å². The minimum atomic E-state index is -0.252. The molecule has 4 nitrogen and oxygen atoms in total. The van der Waals surface area contributed by atoms with Gasteiger partial charge in [0.2, 0.25) is 0 Å². The van der Waals surface area contributed by atoms with Crippen molar-refractivity contribution in [1.82, 2.24) is 8.75 Å². The average molecular weight is 222 g/mol. The van der Waals surface area contributed by atoms with E-state index in [4.69, 9.17) is 11.6 Å². The molecule has 0 aliphatic rings. The van der Waals surface area contributed by atoms with Gasteiger partial charge in [-0.05, 0) is 12.8 Å². The molecule has 1 heterocycles. The van der Waals surface area contributed by atoms with Crippen molar-refractivity contribution >= 4 is 29.1 Å². The number of aliphatic hydroxyl groups excluding tert-OH is 1. The van der Waals surface area contributed by atoms with E-state index in [1.54, 1.807) is 0 Å².